The molecule has 2 nitrogen and oxygen atoms in total. The monoisotopic (exact) mass is 358 g/mol. The Morgan fingerprint density at radius 3 is 2.33 bits per heavy atom. The fourth-order valence-electron chi connectivity index (χ4n) is 2.24. The van der Waals surface area contributed by atoms with Crippen molar-refractivity contribution in [2.45, 2.75) is 12.3 Å². The third-order valence-electron chi connectivity index (χ3n) is 3.17. The van der Waals surface area contributed by atoms with Crippen molar-refractivity contribution in [3.05, 3.63) is 57.3 Å². The van der Waals surface area contributed by atoms with Gasteiger partial charge in [0.15, 0.2) is 0 Å². The van der Waals surface area contributed by atoms with Gasteiger partial charge in [0.05, 0.1) is 37.2 Å². The van der Waals surface area contributed by atoms with E-state index in [2.05, 4.69) is 4.98 Å². The van der Waals surface area contributed by atoms with Crippen molar-refractivity contribution in [1.82, 2.24) is 9.55 Å². The number of rotatable bonds is 2. The molecule has 0 bridgehead atoms. The molecular formula is C15H10Cl4N2. The van der Waals surface area contributed by atoms with Gasteiger partial charge in [0.25, 0.3) is 0 Å². The van der Waals surface area contributed by atoms with E-state index < -0.39 is 0 Å². The van der Waals surface area contributed by atoms with Gasteiger partial charge in [-0.1, -0.05) is 46.9 Å². The van der Waals surface area contributed by atoms with Crippen LogP contribution in [0.1, 0.15) is 18.1 Å². The lowest BCUT2D eigenvalue weighted by Crippen LogP contribution is -2.02. The molecule has 6 heteroatoms. The molecule has 0 spiro atoms. The van der Waals surface area contributed by atoms with Gasteiger partial charge < -0.3 is 0 Å². The number of hydrogen-bond acceptors (Lipinski definition) is 1. The minimum absolute atomic E-state index is 0.286. The lowest BCUT2D eigenvalue weighted by molar-refractivity contribution is 0.883. The van der Waals surface area contributed by atoms with E-state index >= 15 is 0 Å². The summed E-state index contributed by atoms with van der Waals surface area (Å²) in [5.41, 5.74) is 2.36. The molecule has 1 unspecified atom stereocenters. The summed E-state index contributed by atoms with van der Waals surface area (Å²) in [7, 11) is 0. The Hall–Kier alpha value is -0.930. The van der Waals surface area contributed by atoms with Crippen LogP contribution in [0, 0.1) is 0 Å². The first-order chi connectivity index (χ1) is 9.99. The number of alkyl halides is 1. The maximum absolute atomic E-state index is 6.31. The Balaban J connectivity index is 2.41. The quantitative estimate of drug-likeness (QED) is 0.492. The summed E-state index contributed by atoms with van der Waals surface area (Å²) < 4.78 is 1.91. The molecule has 3 rings (SSSR count). The van der Waals surface area contributed by atoms with E-state index in [-0.39, 0.29) is 5.38 Å². The third-order valence-corrected chi connectivity index (χ3v) is 4.41. The Labute approximate surface area is 142 Å². The van der Waals surface area contributed by atoms with Gasteiger partial charge in [0.2, 0.25) is 0 Å². The lowest BCUT2D eigenvalue weighted by Gasteiger charge is -2.12. The molecule has 1 heterocycles. The number of benzene rings is 2. The number of hydrogen-bond donors (Lipinski definition) is 0. The number of para-hydroxylation sites is 1. The highest BCUT2D eigenvalue weighted by molar-refractivity contribution is 6.42. The molecule has 0 aliphatic rings. The molecule has 0 saturated carbocycles. The second-order valence-corrected chi connectivity index (χ2v) is 6.50. The average Bonchev–Trinajstić information content (AvgIpc) is 2.78. The Kier molecular flexibility index (Phi) is 4.06. The van der Waals surface area contributed by atoms with Crippen LogP contribution in [0.3, 0.4) is 0 Å². The molecule has 21 heavy (non-hydrogen) atoms. The first kappa shape index (κ1) is 15.0. The minimum atomic E-state index is -0.286. The van der Waals surface area contributed by atoms with Gasteiger partial charge in [-0.3, -0.25) is 4.57 Å². The molecule has 0 radical (unpaired) electrons. The minimum Gasteiger partial charge on any atom is -0.293 e. The summed E-state index contributed by atoms with van der Waals surface area (Å²) in [6.07, 6.45) is 0. The largest absolute Gasteiger partial charge is 0.293 e. The van der Waals surface area contributed by atoms with E-state index in [1.54, 1.807) is 12.1 Å². The van der Waals surface area contributed by atoms with Crippen molar-refractivity contribution < 1.29 is 0 Å². The van der Waals surface area contributed by atoms with Crippen LogP contribution in [0.25, 0.3) is 16.7 Å². The highest BCUT2D eigenvalue weighted by atomic mass is 35.5. The van der Waals surface area contributed by atoms with Gasteiger partial charge in [-0.05, 0) is 31.2 Å². The van der Waals surface area contributed by atoms with Crippen molar-refractivity contribution in [3.63, 3.8) is 0 Å². The van der Waals surface area contributed by atoms with E-state index in [0.717, 1.165) is 16.7 Å². The molecule has 1 aromatic heterocycles. The van der Waals surface area contributed by atoms with Crippen molar-refractivity contribution in [2.75, 3.05) is 0 Å². The molecule has 0 amide bonds. The predicted molar refractivity (Wildman–Crippen MR) is 90.4 cm³/mol. The average molecular weight is 360 g/mol. The standard InChI is InChI=1S/C15H10Cl4N2/c1-8(16)15-20-12-6-10(18)11(19)7-14(12)21(15)13-5-3-2-4-9(13)17/h2-8H,1H3. The predicted octanol–water partition coefficient (Wildman–Crippen LogP) is 6.29. The third kappa shape index (κ3) is 2.62. The summed E-state index contributed by atoms with van der Waals surface area (Å²) in [5.74, 6) is 0.693. The molecule has 0 N–H and O–H groups in total. The molecule has 2 aromatic carbocycles. The summed E-state index contributed by atoms with van der Waals surface area (Å²) in [6.45, 7) is 1.86. The topological polar surface area (TPSA) is 17.8 Å². The normalized spacial score (nSPS) is 12.8. The Morgan fingerprint density at radius 2 is 1.67 bits per heavy atom. The van der Waals surface area contributed by atoms with Crippen LogP contribution in [0.15, 0.2) is 36.4 Å². The van der Waals surface area contributed by atoms with E-state index in [0.29, 0.717) is 20.9 Å². The fourth-order valence-corrected chi connectivity index (χ4v) is 2.93. The number of halogens is 4. The second-order valence-electron chi connectivity index (χ2n) is 4.63. The molecule has 0 aliphatic heterocycles. The molecule has 3 aromatic rings. The molecular weight excluding hydrogens is 350 g/mol. The van der Waals surface area contributed by atoms with Gasteiger partial charge in [0.1, 0.15) is 5.82 Å². The van der Waals surface area contributed by atoms with Crippen LogP contribution >= 0.6 is 46.4 Å². The van der Waals surface area contributed by atoms with Crippen LogP contribution in [0.4, 0.5) is 0 Å². The number of imidazole rings is 1. The van der Waals surface area contributed by atoms with Crippen molar-refractivity contribution >= 4 is 57.4 Å². The molecule has 0 fully saturated rings. The Morgan fingerprint density at radius 1 is 1.00 bits per heavy atom. The van der Waals surface area contributed by atoms with Gasteiger partial charge in [-0.15, -0.1) is 11.6 Å². The van der Waals surface area contributed by atoms with Gasteiger partial charge in [-0.2, -0.15) is 0 Å². The van der Waals surface area contributed by atoms with Crippen LogP contribution in [-0.2, 0) is 0 Å². The zero-order chi connectivity index (χ0) is 15.1. The van der Waals surface area contributed by atoms with E-state index in [1.807, 2.05) is 35.8 Å². The Bertz CT molecular complexity index is 824. The maximum atomic E-state index is 6.31. The van der Waals surface area contributed by atoms with E-state index in [4.69, 9.17) is 46.4 Å². The molecule has 0 aliphatic carbocycles. The first-order valence-corrected chi connectivity index (χ1v) is 7.82. The van der Waals surface area contributed by atoms with Gasteiger partial charge in [-0.25, -0.2) is 4.98 Å². The van der Waals surface area contributed by atoms with Crippen LogP contribution in [0.2, 0.25) is 15.1 Å². The maximum Gasteiger partial charge on any atom is 0.132 e. The van der Waals surface area contributed by atoms with E-state index in [1.165, 1.54) is 0 Å². The highest BCUT2D eigenvalue weighted by Crippen LogP contribution is 2.34. The summed E-state index contributed by atoms with van der Waals surface area (Å²) >= 11 is 24.8. The molecule has 1 atom stereocenters. The number of aromatic nitrogens is 2. The SMILES string of the molecule is CC(Cl)c1nc2cc(Cl)c(Cl)cc2n1-c1ccccc1Cl. The van der Waals surface area contributed by atoms with Crippen molar-refractivity contribution in [1.29, 1.82) is 0 Å². The fraction of sp³-hybridized carbons (Fsp3) is 0.133. The first-order valence-electron chi connectivity index (χ1n) is 6.25. The summed E-state index contributed by atoms with van der Waals surface area (Å²) in [5, 5.41) is 1.25. The van der Waals surface area contributed by atoms with Crippen molar-refractivity contribution in [3.8, 4) is 5.69 Å². The van der Waals surface area contributed by atoms with Crippen LogP contribution in [-0.4, -0.2) is 9.55 Å². The van der Waals surface area contributed by atoms with Crippen LogP contribution < -0.4 is 0 Å². The van der Waals surface area contributed by atoms with Gasteiger partial charge in [0, 0.05) is 0 Å². The van der Waals surface area contributed by atoms with E-state index in [9.17, 15) is 0 Å². The number of nitrogens with zero attached hydrogens (tertiary/aromatic N) is 2. The van der Waals surface area contributed by atoms with Crippen LogP contribution in [0.5, 0.6) is 0 Å². The zero-order valence-corrected chi connectivity index (χ0v) is 14.0. The summed E-state index contributed by atoms with van der Waals surface area (Å²) in [6, 6.07) is 11.0. The molecule has 0 saturated heterocycles. The summed E-state index contributed by atoms with van der Waals surface area (Å²) in [4.78, 5) is 4.56. The van der Waals surface area contributed by atoms with Crippen molar-refractivity contribution in [2.24, 2.45) is 0 Å². The molecule has 108 valence electrons. The smallest absolute Gasteiger partial charge is 0.132 e. The lowest BCUT2D eigenvalue weighted by atomic mass is 10.2. The van der Waals surface area contributed by atoms with Gasteiger partial charge >= 0.3 is 0 Å². The zero-order valence-electron chi connectivity index (χ0n) is 10.9. The second kappa shape index (κ2) is 5.69. The highest BCUT2D eigenvalue weighted by Gasteiger charge is 2.19. The number of fused-ring (bicyclic) bond motifs is 1.